The number of benzene rings is 2. The van der Waals surface area contributed by atoms with E-state index in [0.29, 0.717) is 17.0 Å². The fraction of sp³-hybridized carbons (Fsp3) is 0. The predicted octanol–water partition coefficient (Wildman–Crippen LogP) is 3.01. The van der Waals surface area contributed by atoms with Crippen molar-refractivity contribution in [1.29, 1.82) is 5.26 Å². The Kier molecular flexibility index (Phi) is 3.83. The molecule has 0 aliphatic carbocycles. The summed E-state index contributed by atoms with van der Waals surface area (Å²) in [6.07, 6.45) is 2.85. The Labute approximate surface area is 133 Å². The van der Waals surface area contributed by atoms with Gasteiger partial charge in [-0.25, -0.2) is 13.4 Å². The number of nitrogens with zero attached hydrogens (tertiary/aromatic N) is 2. The molecule has 0 saturated heterocycles. The van der Waals surface area contributed by atoms with E-state index in [1.807, 2.05) is 6.07 Å². The van der Waals surface area contributed by atoms with Gasteiger partial charge in [0.15, 0.2) is 12.2 Å². The van der Waals surface area contributed by atoms with Crippen molar-refractivity contribution in [3.05, 3.63) is 66.7 Å². The molecule has 3 rings (SSSR count). The van der Waals surface area contributed by atoms with Crippen LogP contribution in [0, 0.1) is 11.3 Å². The molecule has 3 aromatic rings. The topological polar surface area (TPSA) is 96.0 Å². The van der Waals surface area contributed by atoms with Crippen molar-refractivity contribution >= 4 is 15.7 Å². The van der Waals surface area contributed by atoms with E-state index in [0.717, 1.165) is 0 Å². The second-order valence-electron chi connectivity index (χ2n) is 4.69. The van der Waals surface area contributed by atoms with Crippen LogP contribution in [0.2, 0.25) is 0 Å². The van der Waals surface area contributed by atoms with Crippen molar-refractivity contribution in [3.8, 4) is 17.4 Å². The zero-order chi connectivity index (χ0) is 16.3. The molecule has 2 aromatic carbocycles. The van der Waals surface area contributed by atoms with Crippen LogP contribution < -0.4 is 4.72 Å². The van der Waals surface area contributed by atoms with E-state index >= 15 is 0 Å². The summed E-state index contributed by atoms with van der Waals surface area (Å²) in [7, 11) is -3.78. The first-order chi connectivity index (χ1) is 11.1. The summed E-state index contributed by atoms with van der Waals surface area (Å²) >= 11 is 0. The summed E-state index contributed by atoms with van der Waals surface area (Å²) in [6, 6.07) is 14.5. The van der Waals surface area contributed by atoms with Gasteiger partial charge in [0.1, 0.15) is 0 Å². The molecule has 6 nitrogen and oxygen atoms in total. The van der Waals surface area contributed by atoms with Gasteiger partial charge in [-0.15, -0.1) is 0 Å². The number of anilines is 1. The Morgan fingerprint density at radius 1 is 1.13 bits per heavy atom. The summed E-state index contributed by atoms with van der Waals surface area (Å²) in [5.74, 6) is 0.539. The lowest BCUT2D eigenvalue weighted by Gasteiger charge is -2.09. The molecular weight excluding hydrogens is 314 g/mol. The number of hydrogen-bond donors (Lipinski definition) is 1. The first-order valence-electron chi connectivity index (χ1n) is 6.60. The van der Waals surface area contributed by atoms with E-state index in [1.54, 1.807) is 36.5 Å². The number of rotatable bonds is 4. The molecule has 0 spiro atoms. The molecule has 0 fully saturated rings. The van der Waals surface area contributed by atoms with Crippen molar-refractivity contribution < 1.29 is 12.8 Å². The molecule has 0 amide bonds. The molecule has 0 bridgehead atoms. The Bertz CT molecular complexity index is 974. The third-order valence-electron chi connectivity index (χ3n) is 3.11. The second-order valence-corrected chi connectivity index (χ2v) is 6.37. The minimum Gasteiger partial charge on any atom is -0.444 e. The minimum atomic E-state index is -3.78. The number of hydrogen-bond acceptors (Lipinski definition) is 5. The van der Waals surface area contributed by atoms with Gasteiger partial charge in [-0.3, -0.25) is 4.72 Å². The molecule has 0 unspecified atom stereocenters. The lowest BCUT2D eigenvalue weighted by atomic mass is 10.2. The maximum Gasteiger partial charge on any atom is 0.261 e. The molecular formula is C16H11N3O3S. The summed E-state index contributed by atoms with van der Waals surface area (Å²) in [6.45, 7) is 0. The lowest BCUT2D eigenvalue weighted by molar-refractivity contribution is 0.572. The first kappa shape index (κ1) is 14.8. The van der Waals surface area contributed by atoms with Crippen LogP contribution in [0.1, 0.15) is 5.56 Å². The predicted molar refractivity (Wildman–Crippen MR) is 83.9 cm³/mol. The van der Waals surface area contributed by atoms with Gasteiger partial charge in [-0.05, 0) is 30.3 Å². The Hall–Kier alpha value is -3.11. The van der Waals surface area contributed by atoms with Gasteiger partial charge in [0.25, 0.3) is 10.0 Å². The van der Waals surface area contributed by atoms with Crippen LogP contribution >= 0.6 is 0 Å². The molecule has 0 radical (unpaired) electrons. The Balaban J connectivity index is 1.92. The fourth-order valence-corrected chi connectivity index (χ4v) is 3.14. The van der Waals surface area contributed by atoms with Crippen LogP contribution in [0.3, 0.4) is 0 Å². The number of nitrogens with one attached hydrogen (secondary N) is 1. The third kappa shape index (κ3) is 3.22. The number of oxazole rings is 1. The average Bonchev–Trinajstić information content (AvgIpc) is 3.09. The van der Waals surface area contributed by atoms with Crippen LogP contribution in [-0.4, -0.2) is 13.4 Å². The molecule has 0 aliphatic rings. The van der Waals surface area contributed by atoms with Gasteiger partial charge < -0.3 is 4.42 Å². The van der Waals surface area contributed by atoms with E-state index in [9.17, 15) is 8.42 Å². The quantitative estimate of drug-likeness (QED) is 0.795. The molecule has 0 atom stereocenters. The Morgan fingerprint density at radius 3 is 2.70 bits per heavy atom. The molecule has 1 aromatic heterocycles. The van der Waals surface area contributed by atoms with Crippen molar-refractivity contribution in [3.63, 3.8) is 0 Å². The maximum atomic E-state index is 12.4. The highest BCUT2D eigenvalue weighted by molar-refractivity contribution is 7.92. The van der Waals surface area contributed by atoms with Crippen LogP contribution in [0.25, 0.3) is 11.3 Å². The maximum absolute atomic E-state index is 12.4. The highest BCUT2D eigenvalue weighted by Gasteiger charge is 2.15. The summed E-state index contributed by atoms with van der Waals surface area (Å²) in [5.41, 5.74) is 1.37. The van der Waals surface area contributed by atoms with Gasteiger partial charge >= 0.3 is 0 Å². The van der Waals surface area contributed by atoms with E-state index in [1.165, 1.54) is 24.6 Å². The van der Waals surface area contributed by atoms with Gasteiger partial charge in [0.05, 0.1) is 22.7 Å². The highest BCUT2D eigenvalue weighted by atomic mass is 32.2. The standard InChI is InChI=1S/C16H11N3O3S/c17-9-12-3-1-6-15(7-12)23(20,21)19-14-5-2-4-13(8-14)16-10-18-11-22-16/h1-8,10-11,19H. The van der Waals surface area contributed by atoms with Crippen LogP contribution in [0.4, 0.5) is 5.69 Å². The smallest absolute Gasteiger partial charge is 0.261 e. The molecule has 1 N–H and O–H groups in total. The van der Waals surface area contributed by atoms with Crippen LogP contribution in [0.15, 0.2) is 70.4 Å². The molecule has 114 valence electrons. The minimum absolute atomic E-state index is 0.0293. The fourth-order valence-electron chi connectivity index (χ4n) is 2.04. The number of sulfonamides is 1. The van der Waals surface area contributed by atoms with Crippen LogP contribution in [0.5, 0.6) is 0 Å². The Morgan fingerprint density at radius 2 is 1.96 bits per heavy atom. The van der Waals surface area contributed by atoms with Crippen molar-refractivity contribution in [2.24, 2.45) is 0 Å². The first-order valence-corrected chi connectivity index (χ1v) is 8.09. The third-order valence-corrected chi connectivity index (χ3v) is 4.48. The zero-order valence-corrected chi connectivity index (χ0v) is 12.6. The van der Waals surface area contributed by atoms with Gasteiger partial charge in [-0.1, -0.05) is 18.2 Å². The van der Waals surface area contributed by atoms with E-state index < -0.39 is 10.0 Å². The monoisotopic (exact) mass is 325 g/mol. The summed E-state index contributed by atoms with van der Waals surface area (Å²) in [5, 5.41) is 8.88. The van der Waals surface area contributed by atoms with Crippen LogP contribution in [-0.2, 0) is 10.0 Å². The largest absolute Gasteiger partial charge is 0.444 e. The van der Waals surface area contributed by atoms with E-state index in [-0.39, 0.29) is 10.5 Å². The van der Waals surface area contributed by atoms with Crippen molar-refractivity contribution in [1.82, 2.24) is 4.98 Å². The summed E-state index contributed by atoms with van der Waals surface area (Å²) < 4.78 is 32.5. The average molecular weight is 325 g/mol. The highest BCUT2D eigenvalue weighted by Crippen LogP contribution is 2.24. The number of aromatic nitrogens is 1. The van der Waals surface area contributed by atoms with Gasteiger partial charge in [-0.2, -0.15) is 5.26 Å². The van der Waals surface area contributed by atoms with Crippen molar-refractivity contribution in [2.45, 2.75) is 4.90 Å². The zero-order valence-electron chi connectivity index (χ0n) is 11.8. The normalized spacial score (nSPS) is 10.9. The van der Waals surface area contributed by atoms with E-state index in [4.69, 9.17) is 9.68 Å². The van der Waals surface area contributed by atoms with Gasteiger partial charge in [0.2, 0.25) is 0 Å². The van der Waals surface area contributed by atoms with Crippen molar-refractivity contribution in [2.75, 3.05) is 4.72 Å². The van der Waals surface area contributed by atoms with E-state index in [2.05, 4.69) is 9.71 Å². The second kappa shape index (κ2) is 5.94. The lowest BCUT2D eigenvalue weighted by Crippen LogP contribution is -2.13. The molecule has 7 heteroatoms. The molecule has 0 saturated carbocycles. The molecule has 1 heterocycles. The van der Waals surface area contributed by atoms with Gasteiger partial charge in [0, 0.05) is 11.3 Å². The summed E-state index contributed by atoms with van der Waals surface area (Å²) in [4.78, 5) is 3.86. The molecule has 23 heavy (non-hydrogen) atoms. The number of nitriles is 1. The molecule has 0 aliphatic heterocycles. The SMILES string of the molecule is N#Cc1cccc(S(=O)(=O)Nc2cccc(-c3cnco3)c2)c1.